The number of ether oxygens (including phenoxy) is 1. The second kappa shape index (κ2) is 2.72. The number of rotatable bonds is 1. The smallest absolute Gasteiger partial charge is 0.354 e. The number of carbonyl (C=O) groups is 1. The van der Waals surface area contributed by atoms with E-state index in [0.29, 0.717) is 23.6 Å². The Hall–Kier alpha value is -1.06. The molecule has 3 aliphatic rings. The maximum atomic E-state index is 11.4. The van der Waals surface area contributed by atoms with E-state index < -0.39 is 0 Å². The number of esters is 1. The van der Waals surface area contributed by atoms with E-state index in [1.165, 1.54) is 26.4 Å². The highest BCUT2D eigenvalue weighted by atomic mass is 16.5. The van der Waals surface area contributed by atoms with Crippen molar-refractivity contribution in [2.45, 2.75) is 25.3 Å². The van der Waals surface area contributed by atoms with E-state index in [1.54, 1.807) is 0 Å². The molecular formula is C10H14N2O2. The zero-order chi connectivity index (χ0) is 9.71. The van der Waals surface area contributed by atoms with Gasteiger partial charge < -0.3 is 10.2 Å². The summed E-state index contributed by atoms with van der Waals surface area (Å²) in [6.45, 7) is 0. The Morgan fingerprint density at radius 3 is 3.07 bits per heavy atom. The Morgan fingerprint density at radius 2 is 2.29 bits per heavy atom. The van der Waals surface area contributed by atoms with Gasteiger partial charge >= 0.3 is 5.97 Å². The second-order valence-corrected chi connectivity index (χ2v) is 4.50. The first-order valence-corrected chi connectivity index (χ1v) is 5.22. The predicted octanol–water partition coefficient (Wildman–Crippen LogP) is 0.533. The van der Waals surface area contributed by atoms with Crippen molar-refractivity contribution in [2.24, 2.45) is 22.9 Å². The molecule has 76 valence electrons. The van der Waals surface area contributed by atoms with Crippen molar-refractivity contribution < 1.29 is 9.53 Å². The van der Waals surface area contributed by atoms with Crippen LogP contribution in [0.25, 0.3) is 0 Å². The van der Waals surface area contributed by atoms with Gasteiger partial charge in [-0.3, -0.25) is 0 Å². The van der Waals surface area contributed by atoms with Gasteiger partial charge in [0.05, 0.1) is 13.2 Å². The maximum absolute atomic E-state index is 11.4. The molecule has 2 aliphatic carbocycles. The third-order valence-corrected chi connectivity index (χ3v) is 3.96. The molecule has 1 heterocycles. The molecule has 4 atom stereocenters. The SMILES string of the molecule is COC(=O)C1=NNC2C3CCC(C3)C12. The quantitative estimate of drug-likeness (QED) is 0.619. The molecule has 14 heavy (non-hydrogen) atoms. The Balaban J connectivity index is 1.87. The highest BCUT2D eigenvalue weighted by molar-refractivity contribution is 6.38. The van der Waals surface area contributed by atoms with Crippen LogP contribution in [0, 0.1) is 17.8 Å². The van der Waals surface area contributed by atoms with Gasteiger partial charge in [-0.25, -0.2) is 4.79 Å². The summed E-state index contributed by atoms with van der Waals surface area (Å²) in [4.78, 5) is 11.4. The molecule has 2 fully saturated rings. The van der Waals surface area contributed by atoms with Crippen LogP contribution in [0.3, 0.4) is 0 Å². The zero-order valence-corrected chi connectivity index (χ0v) is 8.19. The van der Waals surface area contributed by atoms with E-state index >= 15 is 0 Å². The van der Waals surface area contributed by atoms with E-state index in [-0.39, 0.29) is 5.97 Å². The van der Waals surface area contributed by atoms with Crippen molar-refractivity contribution in [1.29, 1.82) is 0 Å². The molecule has 4 nitrogen and oxygen atoms in total. The van der Waals surface area contributed by atoms with E-state index in [1.807, 2.05) is 0 Å². The summed E-state index contributed by atoms with van der Waals surface area (Å²) in [6, 6.07) is 0.419. The summed E-state index contributed by atoms with van der Waals surface area (Å²) >= 11 is 0. The molecule has 2 saturated carbocycles. The molecule has 0 aromatic rings. The first-order chi connectivity index (χ1) is 6.81. The Morgan fingerprint density at radius 1 is 1.50 bits per heavy atom. The van der Waals surface area contributed by atoms with Gasteiger partial charge in [0.1, 0.15) is 0 Å². The molecule has 4 heteroatoms. The average Bonchev–Trinajstić information content (AvgIpc) is 2.87. The largest absolute Gasteiger partial charge is 0.464 e. The van der Waals surface area contributed by atoms with E-state index in [4.69, 9.17) is 4.74 Å². The van der Waals surface area contributed by atoms with Gasteiger partial charge in [-0.05, 0) is 31.1 Å². The molecule has 3 rings (SSSR count). The van der Waals surface area contributed by atoms with Crippen LogP contribution in [0.4, 0.5) is 0 Å². The van der Waals surface area contributed by atoms with Crippen LogP contribution in [-0.2, 0) is 9.53 Å². The number of methoxy groups -OCH3 is 1. The van der Waals surface area contributed by atoms with Gasteiger partial charge in [0.25, 0.3) is 0 Å². The van der Waals surface area contributed by atoms with Gasteiger partial charge in [-0.2, -0.15) is 5.10 Å². The Bertz CT molecular complexity index is 313. The fraction of sp³-hybridized carbons (Fsp3) is 0.800. The molecule has 0 amide bonds. The lowest BCUT2D eigenvalue weighted by atomic mass is 9.82. The fourth-order valence-corrected chi connectivity index (χ4v) is 3.38. The van der Waals surface area contributed by atoms with Crippen molar-refractivity contribution in [3.63, 3.8) is 0 Å². The Labute approximate surface area is 82.7 Å². The first kappa shape index (κ1) is 8.26. The fourth-order valence-electron chi connectivity index (χ4n) is 3.38. The van der Waals surface area contributed by atoms with Crippen molar-refractivity contribution in [3.8, 4) is 0 Å². The highest BCUT2D eigenvalue weighted by Gasteiger charge is 2.53. The number of carbonyl (C=O) groups excluding carboxylic acids is 1. The minimum absolute atomic E-state index is 0.252. The van der Waals surface area contributed by atoms with Gasteiger partial charge in [-0.1, -0.05) is 0 Å². The monoisotopic (exact) mass is 194 g/mol. The van der Waals surface area contributed by atoms with Crippen LogP contribution in [0.15, 0.2) is 5.10 Å². The molecule has 0 aromatic carbocycles. The van der Waals surface area contributed by atoms with Gasteiger partial charge in [-0.15, -0.1) is 0 Å². The maximum Gasteiger partial charge on any atom is 0.354 e. The molecule has 2 bridgehead atoms. The average molecular weight is 194 g/mol. The van der Waals surface area contributed by atoms with Crippen LogP contribution < -0.4 is 5.43 Å². The number of hydrogen-bond donors (Lipinski definition) is 1. The number of nitrogens with one attached hydrogen (secondary N) is 1. The molecular weight excluding hydrogens is 180 g/mol. The molecule has 1 N–H and O–H groups in total. The summed E-state index contributed by atoms with van der Waals surface area (Å²) in [5.74, 6) is 1.48. The highest BCUT2D eigenvalue weighted by Crippen LogP contribution is 2.50. The standard InChI is InChI=1S/C10H14N2O2/c1-14-10(13)9-7-5-2-3-6(4-5)8(7)11-12-9/h5-8,11H,2-4H2,1H3. The van der Waals surface area contributed by atoms with Crippen molar-refractivity contribution in [3.05, 3.63) is 0 Å². The van der Waals surface area contributed by atoms with Crippen LogP contribution in [0.1, 0.15) is 19.3 Å². The lowest BCUT2D eigenvalue weighted by Gasteiger charge is -2.23. The lowest BCUT2D eigenvalue weighted by Crippen LogP contribution is -2.37. The summed E-state index contributed by atoms with van der Waals surface area (Å²) in [5, 5.41) is 4.12. The normalized spacial score (nSPS) is 43.1. The molecule has 0 saturated heterocycles. The van der Waals surface area contributed by atoms with Crippen LogP contribution in [-0.4, -0.2) is 24.8 Å². The summed E-state index contributed by atoms with van der Waals surface area (Å²) in [5.41, 5.74) is 3.73. The molecule has 1 aliphatic heterocycles. The Kier molecular flexibility index (Phi) is 1.60. The second-order valence-electron chi connectivity index (χ2n) is 4.50. The lowest BCUT2D eigenvalue weighted by molar-refractivity contribution is -0.133. The third-order valence-electron chi connectivity index (χ3n) is 3.96. The molecule has 0 spiro atoms. The minimum Gasteiger partial charge on any atom is -0.464 e. The number of fused-ring (bicyclic) bond motifs is 5. The minimum atomic E-state index is -0.252. The van der Waals surface area contributed by atoms with E-state index in [2.05, 4.69) is 10.5 Å². The van der Waals surface area contributed by atoms with Crippen LogP contribution in [0.5, 0.6) is 0 Å². The number of hydrogen-bond acceptors (Lipinski definition) is 4. The molecule has 0 radical (unpaired) electrons. The van der Waals surface area contributed by atoms with Crippen molar-refractivity contribution >= 4 is 11.7 Å². The zero-order valence-electron chi connectivity index (χ0n) is 8.19. The van der Waals surface area contributed by atoms with Gasteiger partial charge in [0.15, 0.2) is 5.71 Å². The van der Waals surface area contributed by atoms with Crippen molar-refractivity contribution in [2.75, 3.05) is 7.11 Å². The number of hydrazone groups is 1. The van der Waals surface area contributed by atoms with E-state index in [0.717, 1.165) is 5.92 Å². The summed E-state index contributed by atoms with van der Waals surface area (Å²) in [6.07, 6.45) is 3.81. The topological polar surface area (TPSA) is 50.7 Å². The molecule has 4 unspecified atom stereocenters. The van der Waals surface area contributed by atoms with Gasteiger partial charge in [0.2, 0.25) is 0 Å². The summed E-state index contributed by atoms with van der Waals surface area (Å²) < 4.78 is 4.74. The summed E-state index contributed by atoms with van der Waals surface area (Å²) in [7, 11) is 1.42. The van der Waals surface area contributed by atoms with Crippen molar-refractivity contribution in [1.82, 2.24) is 5.43 Å². The predicted molar refractivity (Wildman–Crippen MR) is 50.7 cm³/mol. The van der Waals surface area contributed by atoms with E-state index in [9.17, 15) is 4.79 Å². The van der Waals surface area contributed by atoms with Crippen LogP contribution in [0.2, 0.25) is 0 Å². The van der Waals surface area contributed by atoms with Gasteiger partial charge in [0, 0.05) is 5.92 Å². The first-order valence-electron chi connectivity index (χ1n) is 5.22. The van der Waals surface area contributed by atoms with Crippen LogP contribution >= 0.6 is 0 Å². The third kappa shape index (κ3) is 0.885. The number of nitrogens with zero attached hydrogens (tertiary/aromatic N) is 1. The molecule has 0 aromatic heterocycles.